The maximum Gasteiger partial charge on any atom is 0.253 e. The molecule has 2 aromatic heterocycles. The van der Waals surface area contributed by atoms with Crippen molar-refractivity contribution in [3.05, 3.63) is 65.5 Å². The highest BCUT2D eigenvalue weighted by atomic mass is 16.1. The van der Waals surface area contributed by atoms with Crippen LogP contribution in [0.5, 0.6) is 0 Å². The smallest absolute Gasteiger partial charge is 0.253 e. The number of pyridine rings is 1. The van der Waals surface area contributed by atoms with Crippen molar-refractivity contribution in [3.63, 3.8) is 0 Å². The lowest BCUT2D eigenvalue weighted by molar-refractivity contribution is 0.0957. The molecule has 0 aliphatic carbocycles. The Morgan fingerprint density at radius 3 is 2.67 bits per heavy atom. The molecular weight excluding hydrogens is 298 g/mol. The first kappa shape index (κ1) is 15.0. The number of carbonyl (C=O) groups is 1. The van der Waals surface area contributed by atoms with Crippen molar-refractivity contribution in [3.8, 4) is 11.1 Å². The molecule has 0 saturated heterocycles. The Morgan fingerprint density at radius 2 is 1.92 bits per heavy atom. The molecule has 4 nitrogen and oxygen atoms in total. The van der Waals surface area contributed by atoms with Crippen molar-refractivity contribution >= 4 is 11.4 Å². The summed E-state index contributed by atoms with van der Waals surface area (Å²) in [6.45, 7) is 1.62. The minimum Gasteiger partial charge on any atom is -0.352 e. The van der Waals surface area contributed by atoms with E-state index in [4.69, 9.17) is 0 Å². The highest BCUT2D eigenvalue weighted by Crippen LogP contribution is 2.32. The van der Waals surface area contributed by atoms with Gasteiger partial charge in [0.2, 0.25) is 0 Å². The van der Waals surface area contributed by atoms with Crippen molar-refractivity contribution in [2.75, 3.05) is 20.6 Å². The summed E-state index contributed by atoms with van der Waals surface area (Å²) in [7, 11) is 4.15. The molecule has 0 bridgehead atoms. The third-order valence-corrected chi connectivity index (χ3v) is 4.57. The zero-order valence-corrected chi connectivity index (χ0v) is 14.0. The Kier molecular flexibility index (Phi) is 3.62. The molecule has 4 heteroatoms. The zero-order valence-electron chi connectivity index (χ0n) is 14.0. The third kappa shape index (κ3) is 2.49. The highest BCUT2D eigenvalue weighted by molar-refractivity contribution is 6.03. The fourth-order valence-electron chi connectivity index (χ4n) is 3.53. The standard InChI is InChI=1S/C20H21N3O/c1-22(2)12-14-5-7-15(8-6-14)18-13-23-11-3-4-17-19(23)16(18)9-10-21-20(17)24/h3-8,11,13H,9-10,12H2,1-2H3,(H,21,24). The van der Waals surface area contributed by atoms with E-state index in [1.54, 1.807) is 0 Å². The molecule has 0 atom stereocenters. The largest absolute Gasteiger partial charge is 0.352 e. The number of nitrogens with zero attached hydrogens (tertiary/aromatic N) is 2. The van der Waals surface area contributed by atoms with Crippen LogP contribution in [0.3, 0.4) is 0 Å². The molecule has 0 saturated carbocycles. The van der Waals surface area contributed by atoms with Crippen LogP contribution in [0.15, 0.2) is 48.8 Å². The van der Waals surface area contributed by atoms with Gasteiger partial charge in [-0.15, -0.1) is 0 Å². The predicted octanol–water partition coefficient (Wildman–Crippen LogP) is 2.95. The van der Waals surface area contributed by atoms with E-state index in [0.29, 0.717) is 6.54 Å². The van der Waals surface area contributed by atoms with Crippen LogP contribution in [-0.2, 0) is 13.0 Å². The maximum atomic E-state index is 12.3. The van der Waals surface area contributed by atoms with Gasteiger partial charge in [-0.05, 0) is 49.3 Å². The second-order valence-corrected chi connectivity index (χ2v) is 6.64. The number of hydrogen-bond acceptors (Lipinski definition) is 2. The Bertz CT molecular complexity index is 907. The highest BCUT2D eigenvalue weighted by Gasteiger charge is 2.21. The van der Waals surface area contributed by atoms with Gasteiger partial charge in [0.1, 0.15) is 0 Å². The second kappa shape index (κ2) is 5.80. The first-order valence-corrected chi connectivity index (χ1v) is 8.28. The van der Waals surface area contributed by atoms with E-state index in [2.05, 4.69) is 59.2 Å². The molecule has 3 aromatic rings. The third-order valence-electron chi connectivity index (χ3n) is 4.57. The van der Waals surface area contributed by atoms with E-state index >= 15 is 0 Å². The number of carbonyl (C=O) groups excluding carboxylic acids is 1. The Balaban J connectivity index is 1.84. The first-order chi connectivity index (χ1) is 11.6. The van der Waals surface area contributed by atoms with Gasteiger partial charge >= 0.3 is 0 Å². The van der Waals surface area contributed by atoms with Crippen molar-refractivity contribution in [2.45, 2.75) is 13.0 Å². The van der Waals surface area contributed by atoms with E-state index in [1.807, 2.05) is 18.3 Å². The van der Waals surface area contributed by atoms with Gasteiger partial charge in [0.15, 0.2) is 0 Å². The molecule has 0 fully saturated rings. The SMILES string of the molecule is CN(C)Cc1ccc(-c2cn3cccc4c3c2CCNC4=O)cc1. The molecule has 3 heterocycles. The van der Waals surface area contributed by atoms with Crippen LogP contribution < -0.4 is 5.32 Å². The number of rotatable bonds is 3. The van der Waals surface area contributed by atoms with Gasteiger partial charge in [-0.3, -0.25) is 4.79 Å². The molecule has 1 N–H and O–H groups in total. The number of nitrogens with one attached hydrogen (secondary N) is 1. The Labute approximate surface area is 141 Å². The summed E-state index contributed by atoms with van der Waals surface area (Å²) in [6.07, 6.45) is 5.02. The summed E-state index contributed by atoms with van der Waals surface area (Å²) < 4.78 is 2.08. The second-order valence-electron chi connectivity index (χ2n) is 6.64. The lowest BCUT2D eigenvalue weighted by Crippen LogP contribution is -2.23. The van der Waals surface area contributed by atoms with E-state index < -0.39 is 0 Å². The predicted molar refractivity (Wildman–Crippen MR) is 96.3 cm³/mol. The molecule has 1 aromatic carbocycles. The molecule has 0 spiro atoms. The Morgan fingerprint density at radius 1 is 1.12 bits per heavy atom. The lowest BCUT2D eigenvalue weighted by atomic mass is 9.99. The van der Waals surface area contributed by atoms with Crippen molar-refractivity contribution in [1.29, 1.82) is 0 Å². The van der Waals surface area contributed by atoms with Crippen LogP contribution in [0.1, 0.15) is 21.5 Å². The van der Waals surface area contributed by atoms with E-state index in [9.17, 15) is 4.79 Å². The van der Waals surface area contributed by atoms with E-state index in [1.165, 1.54) is 22.3 Å². The fourth-order valence-corrected chi connectivity index (χ4v) is 3.53. The van der Waals surface area contributed by atoms with E-state index in [0.717, 1.165) is 24.0 Å². The molecule has 24 heavy (non-hydrogen) atoms. The van der Waals surface area contributed by atoms with Crippen LogP contribution in [0.4, 0.5) is 0 Å². The molecule has 4 rings (SSSR count). The lowest BCUT2D eigenvalue weighted by Gasteiger charge is -2.10. The summed E-state index contributed by atoms with van der Waals surface area (Å²) in [5, 5.41) is 2.99. The molecule has 122 valence electrons. The average Bonchev–Trinajstić information content (AvgIpc) is 2.84. The number of hydrogen-bond donors (Lipinski definition) is 1. The summed E-state index contributed by atoms with van der Waals surface area (Å²) in [5.41, 5.74) is 6.78. The maximum absolute atomic E-state index is 12.3. The van der Waals surface area contributed by atoms with Crippen LogP contribution in [-0.4, -0.2) is 35.8 Å². The van der Waals surface area contributed by atoms with E-state index in [-0.39, 0.29) is 5.91 Å². The number of benzene rings is 1. The topological polar surface area (TPSA) is 36.8 Å². The van der Waals surface area contributed by atoms with Crippen LogP contribution in [0, 0.1) is 0 Å². The molecule has 0 radical (unpaired) electrons. The van der Waals surface area contributed by atoms with Crippen molar-refractivity contribution < 1.29 is 4.79 Å². The summed E-state index contributed by atoms with van der Waals surface area (Å²) >= 11 is 0. The number of aromatic nitrogens is 1. The van der Waals surface area contributed by atoms with Crippen LogP contribution in [0.25, 0.3) is 16.6 Å². The quantitative estimate of drug-likeness (QED) is 0.806. The zero-order chi connectivity index (χ0) is 16.7. The normalized spacial score (nSPS) is 14.0. The Hall–Kier alpha value is -2.59. The minimum absolute atomic E-state index is 0.0188. The van der Waals surface area contributed by atoms with Gasteiger partial charge in [-0.2, -0.15) is 0 Å². The van der Waals surface area contributed by atoms with Crippen molar-refractivity contribution in [1.82, 2.24) is 14.6 Å². The summed E-state index contributed by atoms with van der Waals surface area (Å²) in [4.78, 5) is 14.4. The fraction of sp³-hybridized carbons (Fsp3) is 0.250. The molecule has 1 aliphatic heterocycles. The van der Waals surface area contributed by atoms with Gasteiger partial charge in [-0.25, -0.2) is 0 Å². The van der Waals surface area contributed by atoms with Crippen LogP contribution in [0.2, 0.25) is 0 Å². The molecule has 1 amide bonds. The molecule has 0 unspecified atom stereocenters. The minimum atomic E-state index is 0.0188. The summed E-state index contributed by atoms with van der Waals surface area (Å²) in [5.74, 6) is 0.0188. The monoisotopic (exact) mass is 319 g/mol. The number of amides is 1. The van der Waals surface area contributed by atoms with Crippen molar-refractivity contribution in [2.24, 2.45) is 0 Å². The van der Waals surface area contributed by atoms with Gasteiger partial charge in [0, 0.05) is 31.0 Å². The van der Waals surface area contributed by atoms with Gasteiger partial charge in [0.05, 0.1) is 11.1 Å². The van der Waals surface area contributed by atoms with Crippen LogP contribution >= 0.6 is 0 Å². The average molecular weight is 319 g/mol. The van der Waals surface area contributed by atoms with Gasteiger partial charge in [0.25, 0.3) is 5.91 Å². The molecule has 1 aliphatic rings. The van der Waals surface area contributed by atoms with Gasteiger partial charge < -0.3 is 14.6 Å². The first-order valence-electron chi connectivity index (χ1n) is 8.28. The van der Waals surface area contributed by atoms with Gasteiger partial charge in [-0.1, -0.05) is 24.3 Å². The summed E-state index contributed by atoms with van der Waals surface area (Å²) in [6, 6.07) is 12.6. The molecular formula is C20H21N3O.